The van der Waals surface area contributed by atoms with Gasteiger partial charge in [0.2, 0.25) is 0 Å². The van der Waals surface area contributed by atoms with Crippen molar-refractivity contribution in [3.05, 3.63) is 28.8 Å². The summed E-state index contributed by atoms with van der Waals surface area (Å²) in [6, 6.07) is 3.69. The van der Waals surface area contributed by atoms with Gasteiger partial charge >= 0.3 is 6.18 Å². The summed E-state index contributed by atoms with van der Waals surface area (Å²) < 4.78 is 39.2. The van der Waals surface area contributed by atoms with Crippen LogP contribution in [0.5, 0.6) is 0 Å². The Balaban J connectivity index is 2.31. The van der Waals surface area contributed by atoms with Crippen LogP contribution >= 0.6 is 23.4 Å². The molecular formula is C14H16ClF3N2S. The number of unbranched alkanes of at least 4 members (excludes halogenated alkanes) is 1. The van der Waals surface area contributed by atoms with Crippen LogP contribution in [0.3, 0.4) is 0 Å². The Hall–Kier alpha value is -0.880. The smallest absolute Gasteiger partial charge is 0.350 e. The molecule has 116 valence electrons. The number of aliphatic imine (C=N–C) groups is 1. The number of thioether (sulfide) groups is 1. The number of benzene rings is 1. The number of amidine groups is 1. The van der Waals surface area contributed by atoms with Gasteiger partial charge in [0.05, 0.1) is 11.3 Å². The van der Waals surface area contributed by atoms with E-state index in [1.54, 1.807) is 0 Å². The highest BCUT2D eigenvalue weighted by atomic mass is 35.5. The molecule has 0 aromatic heterocycles. The molecule has 0 bridgehead atoms. The fourth-order valence-electron chi connectivity index (χ4n) is 2.03. The van der Waals surface area contributed by atoms with Crippen LogP contribution in [0.2, 0.25) is 5.02 Å². The van der Waals surface area contributed by atoms with Crippen molar-refractivity contribution < 1.29 is 13.2 Å². The maximum atomic E-state index is 13.1. The summed E-state index contributed by atoms with van der Waals surface area (Å²) in [4.78, 5) is 6.27. The molecule has 0 N–H and O–H groups in total. The van der Waals surface area contributed by atoms with Crippen molar-refractivity contribution in [2.24, 2.45) is 4.99 Å². The van der Waals surface area contributed by atoms with Crippen LogP contribution in [0.4, 0.5) is 18.9 Å². The molecule has 1 aliphatic heterocycles. The molecule has 0 unspecified atom stereocenters. The fraction of sp³-hybridized carbons (Fsp3) is 0.500. The molecule has 1 saturated heterocycles. The monoisotopic (exact) mass is 336 g/mol. The first kappa shape index (κ1) is 16.5. The Labute approximate surface area is 131 Å². The minimum absolute atomic E-state index is 0.0631. The van der Waals surface area contributed by atoms with Gasteiger partial charge in [-0.2, -0.15) is 13.2 Å². The highest BCUT2D eigenvalue weighted by molar-refractivity contribution is 8.14. The number of rotatable bonds is 4. The zero-order valence-electron chi connectivity index (χ0n) is 11.6. The van der Waals surface area contributed by atoms with E-state index in [1.807, 2.05) is 4.90 Å². The van der Waals surface area contributed by atoms with Crippen molar-refractivity contribution in [3.8, 4) is 0 Å². The first-order chi connectivity index (χ1) is 9.91. The zero-order chi connectivity index (χ0) is 15.5. The Morgan fingerprint density at radius 2 is 2.14 bits per heavy atom. The molecule has 0 radical (unpaired) electrons. The first-order valence-corrected chi connectivity index (χ1v) is 8.11. The molecule has 1 heterocycles. The SMILES string of the molecule is CCCCN1CCSC1=Nc1ccc(Cl)cc1C(F)(F)F. The van der Waals surface area contributed by atoms with Gasteiger partial charge in [-0.15, -0.1) is 0 Å². The summed E-state index contributed by atoms with van der Waals surface area (Å²) in [6.07, 6.45) is -2.41. The maximum absolute atomic E-state index is 13.1. The van der Waals surface area contributed by atoms with Gasteiger partial charge in [-0.1, -0.05) is 36.7 Å². The van der Waals surface area contributed by atoms with E-state index >= 15 is 0 Å². The second-order valence-corrected chi connectivity index (χ2v) is 6.24. The van der Waals surface area contributed by atoms with Crippen LogP contribution in [0.1, 0.15) is 25.3 Å². The van der Waals surface area contributed by atoms with Gasteiger partial charge in [-0.25, -0.2) is 4.99 Å². The van der Waals surface area contributed by atoms with E-state index in [2.05, 4.69) is 11.9 Å². The van der Waals surface area contributed by atoms with Crippen LogP contribution in [0.15, 0.2) is 23.2 Å². The molecule has 0 amide bonds. The van der Waals surface area contributed by atoms with Crippen LogP contribution in [-0.4, -0.2) is 28.9 Å². The average molecular weight is 337 g/mol. The standard InChI is InChI=1S/C14H16ClF3N2S/c1-2-3-6-20-7-8-21-13(20)19-12-5-4-10(15)9-11(12)14(16,17)18/h4-5,9H,2-3,6-8H2,1H3. The molecule has 7 heteroatoms. The highest BCUT2D eigenvalue weighted by Gasteiger charge is 2.34. The second kappa shape index (κ2) is 6.92. The van der Waals surface area contributed by atoms with Crippen molar-refractivity contribution in [1.29, 1.82) is 0 Å². The molecule has 0 atom stereocenters. The highest BCUT2D eigenvalue weighted by Crippen LogP contribution is 2.38. The first-order valence-electron chi connectivity index (χ1n) is 6.75. The van der Waals surface area contributed by atoms with Gasteiger partial charge in [0, 0.05) is 23.9 Å². The summed E-state index contributed by atoms with van der Waals surface area (Å²) in [5, 5.41) is 0.726. The van der Waals surface area contributed by atoms with E-state index in [0.717, 1.165) is 37.8 Å². The summed E-state index contributed by atoms with van der Waals surface area (Å²) in [6.45, 7) is 3.75. The molecule has 1 aromatic rings. The molecule has 1 aromatic carbocycles. The lowest BCUT2D eigenvalue weighted by molar-refractivity contribution is -0.137. The summed E-state index contributed by atoms with van der Waals surface area (Å²) in [7, 11) is 0. The molecule has 21 heavy (non-hydrogen) atoms. The quantitative estimate of drug-likeness (QED) is 0.751. The molecule has 2 rings (SSSR count). The van der Waals surface area contributed by atoms with Gasteiger partial charge in [-0.3, -0.25) is 0 Å². The van der Waals surface area contributed by atoms with Gasteiger partial charge in [0.1, 0.15) is 0 Å². The lowest BCUT2D eigenvalue weighted by Gasteiger charge is -2.18. The molecule has 1 aliphatic rings. The Bertz CT molecular complexity index is 531. The van der Waals surface area contributed by atoms with E-state index in [1.165, 1.54) is 23.9 Å². The summed E-state index contributed by atoms with van der Waals surface area (Å²) >= 11 is 7.17. The fourth-order valence-corrected chi connectivity index (χ4v) is 3.22. The number of halogens is 4. The van der Waals surface area contributed by atoms with E-state index < -0.39 is 11.7 Å². The molecule has 0 saturated carbocycles. The predicted octanol–water partition coefficient (Wildman–Crippen LogP) is 5.20. The van der Waals surface area contributed by atoms with Crippen molar-refractivity contribution in [2.45, 2.75) is 25.9 Å². The largest absolute Gasteiger partial charge is 0.418 e. The third-order valence-corrected chi connectivity index (χ3v) is 4.35. The topological polar surface area (TPSA) is 15.6 Å². The van der Waals surface area contributed by atoms with Gasteiger partial charge in [0.25, 0.3) is 0 Å². The zero-order valence-corrected chi connectivity index (χ0v) is 13.2. The Morgan fingerprint density at radius 1 is 1.38 bits per heavy atom. The predicted molar refractivity (Wildman–Crippen MR) is 82.5 cm³/mol. The van der Waals surface area contributed by atoms with Crippen molar-refractivity contribution >= 4 is 34.2 Å². The Kier molecular flexibility index (Phi) is 5.43. The number of hydrogen-bond donors (Lipinski definition) is 0. The van der Waals surface area contributed by atoms with Gasteiger partial charge in [0.15, 0.2) is 5.17 Å². The number of alkyl halides is 3. The molecule has 2 nitrogen and oxygen atoms in total. The van der Waals surface area contributed by atoms with Crippen molar-refractivity contribution in [2.75, 3.05) is 18.8 Å². The normalized spacial score (nSPS) is 17.8. The molecule has 1 fully saturated rings. The minimum Gasteiger partial charge on any atom is -0.350 e. The van der Waals surface area contributed by atoms with E-state index in [4.69, 9.17) is 11.6 Å². The van der Waals surface area contributed by atoms with E-state index in [-0.39, 0.29) is 10.7 Å². The lowest BCUT2D eigenvalue weighted by Crippen LogP contribution is -2.25. The third kappa shape index (κ3) is 4.30. The minimum atomic E-state index is -4.46. The van der Waals surface area contributed by atoms with E-state index in [0.29, 0.717) is 5.17 Å². The lowest BCUT2D eigenvalue weighted by atomic mass is 10.2. The van der Waals surface area contributed by atoms with Crippen LogP contribution in [0.25, 0.3) is 0 Å². The number of nitrogens with zero attached hydrogens (tertiary/aromatic N) is 2. The van der Waals surface area contributed by atoms with Gasteiger partial charge < -0.3 is 4.90 Å². The molecule has 0 aliphatic carbocycles. The van der Waals surface area contributed by atoms with Crippen LogP contribution in [0, 0.1) is 0 Å². The second-order valence-electron chi connectivity index (χ2n) is 4.74. The molecule has 0 spiro atoms. The van der Waals surface area contributed by atoms with Crippen LogP contribution < -0.4 is 0 Å². The maximum Gasteiger partial charge on any atom is 0.418 e. The van der Waals surface area contributed by atoms with Crippen LogP contribution in [-0.2, 0) is 6.18 Å². The molecular weight excluding hydrogens is 321 g/mol. The van der Waals surface area contributed by atoms with Crippen molar-refractivity contribution in [1.82, 2.24) is 4.90 Å². The average Bonchev–Trinajstić information content (AvgIpc) is 2.84. The third-order valence-electron chi connectivity index (χ3n) is 3.12. The van der Waals surface area contributed by atoms with Gasteiger partial charge in [-0.05, 0) is 24.6 Å². The number of hydrogen-bond acceptors (Lipinski definition) is 2. The Morgan fingerprint density at radius 3 is 2.81 bits per heavy atom. The summed E-state index contributed by atoms with van der Waals surface area (Å²) in [5.41, 5.74) is -0.858. The summed E-state index contributed by atoms with van der Waals surface area (Å²) in [5.74, 6) is 0.859. The van der Waals surface area contributed by atoms with Crippen molar-refractivity contribution in [3.63, 3.8) is 0 Å². The van der Waals surface area contributed by atoms with E-state index in [9.17, 15) is 13.2 Å².